The number of aliphatic hydroxyl groups is 1. The molecule has 0 saturated carbocycles. The van der Waals surface area contributed by atoms with Crippen molar-refractivity contribution in [3.05, 3.63) is 17.8 Å². The molecule has 1 aliphatic rings. The lowest BCUT2D eigenvalue weighted by atomic mass is 9.95. The van der Waals surface area contributed by atoms with Crippen molar-refractivity contribution in [1.82, 2.24) is 25.5 Å². The number of piperidine rings is 1. The van der Waals surface area contributed by atoms with E-state index in [4.69, 9.17) is 9.84 Å². The fraction of sp³-hybridized carbons (Fsp3) is 0.562. The summed E-state index contributed by atoms with van der Waals surface area (Å²) in [6.45, 7) is 4.26. The lowest BCUT2D eigenvalue weighted by Gasteiger charge is -2.33. The summed E-state index contributed by atoms with van der Waals surface area (Å²) < 4.78 is 5.28. The Morgan fingerprint density at radius 3 is 2.60 bits per heavy atom. The van der Waals surface area contributed by atoms with E-state index in [1.54, 1.807) is 19.2 Å². The monoisotopic (exact) mass is 347 g/mol. The number of methoxy groups -OCH3 is 1. The number of aromatic amines is 1. The van der Waals surface area contributed by atoms with Crippen LogP contribution in [0.15, 0.2) is 12.1 Å². The molecule has 2 aromatic heterocycles. The lowest BCUT2D eigenvalue weighted by molar-refractivity contribution is 0.276. The molecule has 3 rings (SSSR count). The summed E-state index contributed by atoms with van der Waals surface area (Å²) in [6, 6.07) is 4.62. The van der Waals surface area contributed by atoms with E-state index in [9.17, 15) is 0 Å². The molecule has 0 spiro atoms. The Morgan fingerprint density at radius 1 is 1.20 bits per heavy atom. The maximum Gasteiger partial charge on any atom is 0.228 e. The number of nitrogens with zero attached hydrogens (tertiary/aromatic N) is 3. The SMILES string of the molecule is COc1cc(Nc2cc(CO)[nH]n2)nc(N[C@@H]2C[C@@H](C)N[C@@H](C)C2)n1. The van der Waals surface area contributed by atoms with E-state index in [1.807, 2.05) is 0 Å². The minimum Gasteiger partial charge on any atom is -0.481 e. The highest BCUT2D eigenvalue weighted by Crippen LogP contribution is 2.22. The molecule has 1 aliphatic heterocycles. The van der Waals surface area contributed by atoms with Crippen LogP contribution < -0.4 is 20.7 Å². The third-order valence-corrected chi connectivity index (χ3v) is 4.15. The van der Waals surface area contributed by atoms with Crippen molar-refractivity contribution in [2.24, 2.45) is 0 Å². The molecule has 1 saturated heterocycles. The highest BCUT2D eigenvalue weighted by Gasteiger charge is 2.24. The maximum atomic E-state index is 9.11. The average Bonchev–Trinajstić information content (AvgIpc) is 3.01. The van der Waals surface area contributed by atoms with Crippen molar-refractivity contribution in [3.8, 4) is 5.88 Å². The Labute approximate surface area is 146 Å². The summed E-state index contributed by atoms with van der Waals surface area (Å²) in [6.07, 6.45) is 2.01. The number of ether oxygens (including phenoxy) is 1. The second kappa shape index (κ2) is 7.66. The van der Waals surface area contributed by atoms with Crippen molar-refractivity contribution >= 4 is 17.6 Å². The van der Waals surface area contributed by atoms with Crippen LogP contribution in [-0.2, 0) is 6.61 Å². The van der Waals surface area contributed by atoms with Crippen LogP contribution in [-0.4, -0.2) is 50.5 Å². The van der Waals surface area contributed by atoms with E-state index in [2.05, 4.69) is 50.0 Å². The number of aliphatic hydroxyl groups excluding tert-OH is 1. The third kappa shape index (κ3) is 4.58. The Balaban J connectivity index is 1.75. The largest absolute Gasteiger partial charge is 0.481 e. The van der Waals surface area contributed by atoms with Gasteiger partial charge in [-0.15, -0.1) is 0 Å². The first kappa shape index (κ1) is 17.4. The molecule has 9 nitrogen and oxygen atoms in total. The van der Waals surface area contributed by atoms with Gasteiger partial charge in [0.05, 0.1) is 19.4 Å². The van der Waals surface area contributed by atoms with Crippen LogP contribution in [0.1, 0.15) is 32.4 Å². The molecule has 3 heterocycles. The average molecular weight is 347 g/mol. The van der Waals surface area contributed by atoms with Crippen LogP contribution >= 0.6 is 0 Å². The van der Waals surface area contributed by atoms with E-state index in [1.165, 1.54) is 0 Å². The predicted molar refractivity (Wildman–Crippen MR) is 95.1 cm³/mol. The highest BCUT2D eigenvalue weighted by atomic mass is 16.5. The molecule has 25 heavy (non-hydrogen) atoms. The second-order valence-corrected chi connectivity index (χ2v) is 6.46. The van der Waals surface area contributed by atoms with Crippen molar-refractivity contribution < 1.29 is 9.84 Å². The third-order valence-electron chi connectivity index (χ3n) is 4.15. The van der Waals surface area contributed by atoms with Gasteiger partial charge >= 0.3 is 0 Å². The van der Waals surface area contributed by atoms with E-state index in [0.717, 1.165) is 12.8 Å². The van der Waals surface area contributed by atoms with E-state index >= 15 is 0 Å². The lowest BCUT2D eigenvalue weighted by Crippen LogP contribution is -2.46. The fourth-order valence-corrected chi connectivity index (χ4v) is 3.17. The van der Waals surface area contributed by atoms with Gasteiger partial charge in [-0.05, 0) is 26.7 Å². The molecule has 0 unspecified atom stereocenters. The van der Waals surface area contributed by atoms with Crippen LogP contribution in [0.3, 0.4) is 0 Å². The minimum atomic E-state index is -0.0966. The zero-order chi connectivity index (χ0) is 17.8. The summed E-state index contributed by atoms with van der Waals surface area (Å²) in [5, 5.41) is 25.9. The molecule has 9 heteroatoms. The molecule has 0 aromatic carbocycles. The van der Waals surface area contributed by atoms with Crippen LogP contribution in [0.25, 0.3) is 0 Å². The second-order valence-electron chi connectivity index (χ2n) is 6.46. The van der Waals surface area contributed by atoms with Gasteiger partial charge in [-0.1, -0.05) is 0 Å². The number of anilines is 3. The summed E-state index contributed by atoms with van der Waals surface area (Å²) >= 11 is 0. The molecule has 3 atom stereocenters. The molecule has 5 N–H and O–H groups in total. The van der Waals surface area contributed by atoms with Gasteiger partial charge in [0.1, 0.15) is 5.82 Å². The smallest absolute Gasteiger partial charge is 0.228 e. The van der Waals surface area contributed by atoms with Crippen molar-refractivity contribution in [3.63, 3.8) is 0 Å². The number of hydrogen-bond acceptors (Lipinski definition) is 8. The number of nitrogens with one attached hydrogen (secondary N) is 4. The highest BCUT2D eigenvalue weighted by molar-refractivity contribution is 5.55. The summed E-state index contributed by atoms with van der Waals surface area (Å²) in [7, 11) is 1.57. The van der Waals surface area contributed by atoms with Crippen molar-refractivity contribution in [2.45, 2.75) is 51.4 Å². The minimum absolute atomic E-state index is 0.0966. The van der Waals surface area contributed by atoms with E-state index < -0.39 is 0 Å². The molecule has 1 fully saturated rings. The fourth-order valence-electron chi connectivity index (χ4n) is 3.17. The van der Waals surface area contributed by atoms with Gasteiger partial charge in [0.15, 0.2) is 5.82 Å². The van der Waals surface area contributed by atoms with Gasteiger partial charge in [-0.3, -0.25) is 5.10 Å². The van der Waals surface area contributed by atoms with E-state index in [-0.39, 0.29) is 6.61 Å². The number of aromatic nitrogens is 4. The molecule has 0 amide bonds. The standard InChI is InChI=1S/C16H25N7O2/c1-9-4-11(5-10(2)17-9)18-16-20-13(7-15(21-16)25-3)19-14-6-12(8-24)22-23-14/h6-7,9-11,17,24H,4-5,8H2,1-3H3,(H3,18,19,20,21,22,23)/t9-,10+,11-. The van der Waals surface area contributed by atoms with Crippen LogP contribution in [0.4, 0.5) is 17.6 Å². The zero-order valence-electron chi connectivity index (χ0n) is 14.7. The normalized spacial score (nSPS) is 23.3. The van der Waals surface area contributed by atoms with Crippen molar-refractivity contribution in [1.29, 1.82) is 0 Å². The topological polar surface area (TPSA) is 120 Å². The quantitative estimate of drug-likeness (QED) is 0.532. The van der Waals surface area contributed by atoms with Crippen LogP contribution in [0, 0.1) is 0 Å². The first-order chi connectivity index (χ1) is 12.1. The molecule has 2 aromatic rings. The number of hydrogen-bond donors (Lipinski definition) is 5. The van der Waals surface area contributed by atoms with Crippen molar-refractivity contribution in [2.75, 3.05) is 17.7 Å². The number of H-pyrrole nitrogens is 1. The van der Waals surface area contributed by atoms with E-state index in [0.29, 0.717) is 47.3 Å². The molecule has 0 aliphatic carbocycles. The molecule has 136 valence electrons. The first-order valence-electron chi connectivity index (χ1n) is 8.43. The predicted octanol–water partition coefficient (Wildman–Crippen LogP) is 1.39. The van der Waals surface area contributed by atoms with Gasteiger partial charge in [-0.2, -0.15) is 15.1 Å². The van der Waals surface area contributed by atoms with Gasteiger partial charge in [0.25, 0.3) is 0 Å². The maximum absolute atomic E-state index is 9.11. The molecule has 0 bridgehead atoms. The van der Waals surface area contributed by atoms with Crippen LogP contribution in [0.2, 0.25) is 0 Å². The Hall–Kier alpha value is -2.39. The zero-order valence-corrected chi connectivity index (χ0v) is 14.7. The molecule has 0 radical (unpaired) electrons. The van der Waals surface area contributed by atoms with Gasteiger partial charge < -0.3 is 25.8 Å². The molecular weight excluding hydrogens is 322 g/mol. The Kier molecular flexibility index (Phi) is 5.34. The first-order valence-corrected chi connectivity index (χ1v) is 8.43. The van der Waals surface area contributed by atoms with Gasteiger partial charge in [-0.25, -0.2) is 0 Å². The summed E-state index contributed by atoms with van der Waals surface area (Å²) in [5.41, 5.74) is 0.625. The summed E-state index contributed by atoms with van der Waals surface area (Å²) in [5.74, 6) is 2.12. The van der Waals surface area contributed by atoms with Crippen LogP contribution in [0.5, 0.6) is 5.88 Å². The number of rotatable bonds is 6. The Bertz CT molecular complexity index is 696. The Morgan fingerprint density at radius 2 is 1.96 bits per heavy atom. The van der Waals surface area contributed by atoms with Gasteiger partial charge in [0, 0.05) is 30.3 Å². The summed E-state index contributed by atoms with van der Waals surface area (Å²) in [4.78, 5) is 8.89. The molecular formula is C16H25N7O2. The van der Waals surface area contributed by atoms with Gasteiger partial charge in [0.2, 0.25) is 11.8 Å².